The van der Waals surface area contributed by atoms with Gasteiger partial charge >= 0.3 is 0 Å². The van der Waals surface area contributed by atoms with E-state index in [0.717, 1.165) is 39.0 Å². The van der Waals surface area contributed by atoms with Crippen LogP contribution in [0.25, 0.3) is 10.9 Å². The molecule has 1 N–H and O–H groups in total. The molecule has 0 bridgehead atoms. The maximum absolute atomic E-state index is 12.7. The van der Waals surface area contributed by atoms with Gasteiger partial charge in [0, 0.05) is 30.2 Å². The number of hydrogen-bond donors (Lipinski definition) is 1. The lowest BCUT2D eigenvalue weighted by atomic mass is 9.89. The zero-order valence-corrected chi connectivity index (χ0v) is 16.1. The monoisotopic (exact) mass is 353 g/mol. The van der Waals surface area contributed by atoms with Crippen molar-refractivity contribution in [1.29, 1.82) is 0 Å². The van der Waals surface area contributed by atoms with Crippen molar-refractivity contribution in [2.24, 2.45) is 11.8 Å². The Morgan fingerprint density at radius 1 is 1.12 bits per heavy atom. The third-order valence-electron chi connectivity index (χ3n) is 6.23. The van der Waals surface area contributed by atoms with Crippen LogP contribution in [0.15, 0.2) is 30.5 Å². The zero-order valence-electron chi connectivity index (χ0n) is 16.1. The minimum Gasteiger partial charge on any atom is -0.361 e. The Bertz CT molecular complexity index is 750. The van der Waals surface area contributed by atoms with Gasteiger partial charge in [0.2, 0.25) is 5.91 Å². The summed E-state index contributed by atoms with van der Waals surface area (Å²) < 4.78 is 0. The molecule has 0 radical (unpaired) electrons. The molecule has 1 aromatic heterocycles. The number of piperidine rings is 2. The SMILES string of the molecule is CC1CC(C)CN(C(=O)CN2CCC(c3c[nH]c4ccccc34)CC2)C1. The molecule has 0 aliphatic carbocycles. The van der Waals surface area contributed by atoms with Gasteiger partial charge in [-0.15, -0.1) is 0 Å². The van der Waals surface area contributed by atoms with Gasteiger partial charge in [0.25, 0.3) is 0 Å². The molecule has 0 spiro atoms. The summed E-state index contributed by atoms with van der Waals surface area (Å²) in [6.45, 7) is 9.05. The molecular weight excluding hydrogens is 322 g/mol. The summed E-state index contributed by atoms with van der Waals surface area (Å²) in [6.07, 6.45) is 5.72. The summed E-state index contributed by atoms with van der Waals surface area (Å²) in [7, 11) is 0. The van der Waals surface area contributed by atoms with Gasteiger partial charge in [0.15, 0.2) is 0 Å². The number of fused-ring (bicyclic) bond motifs is 1. The van der Waals surface area contributed by atoms with Crippen LogP contribution in [0.2, 0.25) is 0 Å². The van der Waals surface area contributed by atoms with Gasteiger partial charge in [-0.25, -0.2) is 0 Å². The van der Waals surface area contributed by atoms with Gasteiger partial charge in [-0.05, 0) is 61.7 Å². The number of aromatic amines is 1. The Morgan fingerprint density at radius 2 is 1.81 bits per heavy atom. The number of rotatable bonds is 3. The summed E-state index contributed by atoms with van der Waals surface area (Å²) in [6, 6.07) is 8.57. The molecular formula is C22H31N3O. The first kappa shape index (κ1) is 17.6. The van der Waals surface area contributed by atoms with E-state index in [4.69, 9.17) is 0 Å². The lowest BCUT2D eigenvalue weighted by Crippen LogP contribution is -2.48. The van der Waals surface area contributed by atoms with Crippen LogP contribution >= 0.6 is 0 Å². The van der Waals surface area contributed by atoms with E-state index in [9.17, 15) is 4.79 Å². The molecule has 140 valence electrons. The Balaban J connectivity index is 1.33. The van der Waals surface area contributed by atoms with Crippen LogP contribution in [0, 0.1) is 11.8 Å². The molecule has 2 unspecified atom stereocenters. The first-order valence-corrected chi connectivity index (χ1v) is 10.2. The number of carbonyl (C=O) groups excluding carboxylic acids is 1. The van der Waals surface area contributed by atoms with Gasteiger partial charge in [0.05, 0.1) is 6.54 Å². The maximum atomic E-state index is 12.7. The number of amides is 1. The largest absolute Gasteiger partial charge is 0.361 e. The molecule has 3 heterocycles. The lowest BCUT2D eigenvalue weighted by Gasteiger charge is -2.37. The number of likely N-dealkylation sites (tertiary alicyclic amines) is 2. The van der Waals surface area contributed by atoms with Gasteiger partial charge in [-0.2, -0.15) is 0 Å². The predicted molar refractivity (Wildman–Crippen MR) is 106 cm³/mol. The highest BCUT2D eigenvalue weighted by Gasteiger charge is 2.28. The van der Waals surface area contributed by atoms with Crippen molar-refractivity contribution in [2.75, 3.05) is 32.7 Å². The minimum absolute atomic E-state index is 0.328. The van der Waals surface area contributed by atoms with Crippen LogP contribution in [0.5, 0.6) is 0 Å². The van der Waals surface area contributed by atoms with E-state index in [1.54, 1.807) is 0 Å². The van der Waals surface area contributed by atoms with Gasteiger partial charge < -0.3 is 9.88 Å². The molecule has 4 nitrogen and oxygen atoms in total. The van der Waals surface area contributed by atoms with E-state index >= 15 is 0 Å². The van der Waals surface area contributed by atoms with Crippen LogP contribution in [-0.2, 0) is 4.79 Å². The van der Waals surface area contributed by atoms with Crippen LogP contribution < -0.4 is 0 Å². The Morgan fingerprint density at radius 3 is 2.54 bits per heavy atom. The van der Waals surface area contributed by atoms with Gasteiger partial charge in [0.1, 0.15) is 0 Å². The smallest absolute Gasteiger partial charge is 0.236 e. The van der Waals surface area contributed by atoms with Crippen molar-refractivity contribution < 1.29 is 4.79 Å². The average Bonchev–Trinajstić information content (AvgIpc) is 3.06. The quantitative estimate of drug-likeness (QED) is 0.910. The number of benzene rings is 1. The molecule has 2 fully saturated rings. The zero-order chi connectivity index (χ0) is 18.1. The van der Waals surface area contributed by atoms with Gasteiger partial charge in [-0.3, -0.25) is 9.69 Å². The first-order valence-electron chi connectivity index (χ1n) is 10.2. The van der Waals surface area contributed by atoms with E-state index in [0.29, 0.717) is 30.2 Å². The maximum Gasteiger partial charge on any atom is 0.236 e. The molecule has 26 heavy (non-hydrogen) atoms. The first-order chi connectivity index (χ1) is 12.6. The average molecular weight is 354 g/mol. The number of para-hydroxylation sites is 1. The van der Waals surface area contributed by atoms with Crippen LogP contribution in [0.3, 0.4) is 0 Å². The second kappa shape index (κ2) is 7.43. The standard InChI is InChI=1S/C22H31N3O/c1-16-11-17(2)14-25(13-16)22(26)15-24-9-7-18(8-10-24)20-12-23-21-6-4-3-5-19(20)21/h3-6,12,16-18,23H,7-11,13-15H2,1-2H3. The third-order valence-corrected chi connectivity index (χ3v) is 6.23. The molecule has 2 atom stereocenters. The Labute approximate surface area is 156 Å². The second-order valence-electron chi connectivity index (χ2n) is 8.58. The van der Waals surface area contributed by atoms with Crippen LogP contribution in [0.4, 0.5) is 0 Å². The van der Waals surface area contributed by atoms with Crippen LogP contribution in [0.1, 0.15) is 44.6 Å². The van der Waals surface area contributed by atoms with Crippen LogP contribution in [-0.4, -0.2) is 53.4 Å². The summed E-state index contributed by atoms with van der Waals surface area (Å²) in [5, 5.41) is 1.36. The lowest BCUT2D eigenvalue weighted by molar-refractivity contribution is -0.135. The van der Waals surface area contributed by atoms with Crippen molar-refractivity contribution in [3.8, 4) is 0 Å². The van der Waals surface area contributed by atoms with Crippen molar-refractivity contribution in [3.05, 3.63) is 36.0 Å². The highest BCUT2D eigenvalue weighted by molar-refractivity contribution is 5.83. The second-order valence-corrected chi connectivity index (χ2v) is 8.58. The van der Waals surface area contributed by atoms with E-state index in [1.165, 1.54) is 22.9 Å². The number of nitrogens with one attached hydrogen (secondary N) is 1. The van der Waals surface area contributed by atoms with Crippen molar-refractivity contribution in [2.45, 2.75) is 39.0 Å². The molecule has 1 amide bonds. The Hall–Kier alpha value is -1.81. The molecule has 4 rings (SSSR count). The number of nitrogens with zero attached hydrogens (tertiary/aromatic N) is 2. The fraction of sp³-hybridized carbons (Fsp3) is 0.591. The highest BCUT2D eigenvalue weighted by atomic mass is 16.2. The minimum atomic E-state index is 0.328. The molecule has 1 aromatic carbocycles. The normalized spacial score (nSPS) is 25.7. The van der Waals surface area contributed by atoms with Crippen molar-refractivity contribution >= 4 is 16.8 Å². The summed E-state index contributed by atoms with van der Waals surface area (Å²) in [5.74, 6) is 2.20. The predicted octanol–water partition coefficient (Wildman–Crippen LogP) is 3.85. The third kappa shape index (κ3) is 3.66. The molecule has 4 heteroatoms. The molecule has 2 saturated heterocycles. The fourth-order valence-corrected chi connectivity index (χ4v) is 4.99. The van der Waals surface area contributed by atoms with Crippen molar-refractivity contribution in [1.82, 2.24) is 14.8 Å². The highest BCUT2D eigenvalue weighted by Crippen LogP contribution is 2.33. The van der Waals surface area contributed by atoms with Gasteiger partial charge in [-0.1, -0.05) is 32.0 Å². The van der Waals surface area contributed by atoms with E-state index < -0.39 is 0 Å². The molecule has 0 saturated carbocycles. The molecule has 2 aliphatic heterocycles. The number of H-pyrrole nitrogens is 1. The number of aromatic nitrogens is 1. The van der Waals surface area contributed by atoms with Crippen molar-refractivity contribution in [3.63, 3.8) is 0 Å². The fourth-order valence-electron chi connectivity index (χ4n) is 4.99. The summed E-state index contributed by atoms with van der Waals surface area (Å²) >= 11 is 0. The van der Waals surface area contributed by atoms with E-state index in [-0.39, 0.29) is 0 Å². The van der Waals surface area contributed by atoms with E-state index in [1.807, 2.05) is 0 Å². The van der Waals surface area contributed by atoms with E-state index in [2.05, 4.69) is 59.1 Å². The molecule has 2 aromatic rings. The molecule has 2 aliphatic rings. The number of hydrogen-bond acceptors (Lipinski definition) is 2. The summed E-state index contributed by atoms with van der Waals surface area (Å²) in [4.78, 5) is 20.6. The number of carbonyl (C=O) groups is 1. The summed E-state index contributed by atoms with van der Waals surface area (Å²) in [5.41, 5.74) is 2.68. The Kier molecular flexibility index (Phi) is 5.03. The topological polar surface area (TPSA) is 39.3 Å².